The molecule has 0 amide bonds. The molecule has 0 unspecified atom stereocenters. The fraction of sp³-hybridized carbons (Fsp3) is 0.556. The predicted molar refractivity (Wildman–Crippen MR) is 83.3 cm³/mol. The number of aliphatic hydroxyl groups excluding tert-OH is 1. The lowest BCUT2D eigenvalue weighted by molar-refractivity contribution is 0.164. The van der Waals surface area contributed by atoms with Crippen molar-refractivity contribution in [3.05, 3.63) is 35.4 Å². The molecule has 2 rings (SSSR count). The van der Waals surface area contributed by atoms with Gasteiger partial charge >= 0.3 is 0 Å². The van der Waals surface area contributed by atoms with Crippen molar-refractivity contribution in [2.75, 3.05) is 13.7 Å². The molecule has 1 aliphatic rings. The molecule has 2 nitrogen and oxygen atoms in total. The van der Waals surface area contributed by atoms with Crippen molar-refractivity contribution in [3.63, 3.8) is 0 Å². The van der Waals surface area contributed by atoms with E-state index in [9.17, 15) is 0 Å². The van der Waals surface area contributed by atoms with Crippen molar-refractivity contribution in [2.45, 2.75) is 45.2 Å². The average molecular weight is 271 g/mol. The van der Waals surface area contributed by atoms with Crippen molar-refractivity contribution >= 4 is 0 Å². The van der Waals surface area contributed by atoms with Crippen LogP contribution in [0.2, 0.25) is 0 Å². The van der Waals surface area contributed by atoms with Gasteiger partial charge in [0.25, 0.3) is 0 Å². The fourth-order valence-electron chi connectivity index (χ4n) is 2.99. The van der Waals surface area contributed by atoms with E-state index in [1.165, 1.54) is 31.2 Å². The first-order valence-electron chi connectivity index (χ1n) is 7.58. The molecule has 0 radical (unpaired) electrons. The first-order chi connectivity index (χ1) is 9.69. The molecule has 0 saturated heterocycles. The first kappa shape index (κ1) is 15.1. The molecular formula is C18H25NO. The number of hydrogen-bond acceptors (Lipinski definition) is 2. The van der Waals surface area contributed by atoms with Crippen LogP contribution in [0.15, 0.2) is 24.3 Å². The number of rotatable bonds is 3. The molecule has 20 heavy (non-hydrogen) atoms. The van der Waals surface area contributed by atoms with Crippen LogP contribution in [-0.2, 0) is 6.54 Å². The molecule has 108 valence electrons. The molecule has 0 aliphatic heterocycles. The second-order valence-corrected chi connectivity index (χ2v) is 5.99. The summed E-state index contributed by atoms with van der Waals surface area (Å²) in [6.45, 7) is 3.26. The highest BCUT2D eigenvalue weighted by atomic mass is 16.2. The molecule has 0 atom stereocenters. The lowest BCUT2D eigenvalue weighted by atomic mass is 9.86. The summed E-state index contributed by atoms with van der Waals surface area (Å²) in [6.07, 6.45) is 5.36. The maximum atomic E-state index is 8.75. The Bertz CT molecular complexity index is 478. The largest absolute Gasteiger partial charge is 0.384 e. The SMILES string of the molecule is CC1CCC(N(C)Cc2cccc(C#CCO)c2)CC1. The third-order valence-electron chi connectivity index (χ3n) is 4.28. The Morgan fingerprint density at radius 1 is 1.25 bits per heavy atom. The van der Waals surface area contributed by atoms with Crippen LogP contribution in [0.25, 0.3) is 0 Å². The van der Waals surface area contributed by atoms with E-state index in [1.54, 1.807) is 0 Å². The van der Waals surface area contributed by atoms with E-state index in [1.807, 2.05) is 12.1 Å². The number of hydrogen-bond donors (Lipinski definition) is 1. The zero-order chi connectivity index (χ0) is 14.4. The van der Waals surface area contributed by atoms with Crippen LogP contribution in [-0.4, -0.2) is 29.7 Å². The topological polar surface area (TPSA) is 23.5 Å². The van der Waals surface area contributed by atoms with Gasteiger partial charge in [0, 0.05) is 18.2 Å². The third-order valence-corrected chi connectivity index (χ3v) is 4.28. The minimum Gasteiger partial charge on any atom is -0.384 e. The fourth-order valence-corrected chi connectivity index (χ4v) is 2.99. The Balaban J connectivity index is 1.95. The normalized spacial score (nSPS) is 22.4. The van der Waals surface area contributed by atoms with Gasteiger partial charge in [0.15, 0.2) is 0 Å². The van der Waals surface area contributed by atoms with Gasteiger partial charge in [0.1, 0.15) is 6.61 Å². The van der Waals surface area contributed by atoms with E-state index in [0.29, 0.717) is 0 Å². The van der Waals surface area contributed by atoms with E-state index in [4.69, 9.17) is 5.11 Å². The molecule has 1 aromatic carbocycles. The summed E-state index contributed by atoms with van der Waals surface area (Å²) in [7, 11) is 2.23. The van der Waals surface area contributed by atoms with E-state index in [0.717, 1.165) is 24.1 Å². The van der Waals surface area contributed by atoms with Crippen LogP contribution >= 0.6 is 0 Å². The van der Waals surface area contributed by atoms with Crippen molar-refractivity contribution in [2.24, 2.45) is 5.92 Å². The zero-order valence-corrected chi connectivity index (χ0v) is 12.6. The van der Waals surface area contributed by atoms with Gasteiger partial charge in [0.2, 0.25) is 0 Å². The number of benzene rings is 1. The molecule has 2 heteroatoms. The standard InChI is InChI=1S/C18H25NO/c1-15-8-10-18(11-9-15)19(2)14-17-6-3-5-16(13-17)7-4-12-20/h3,5-6,13,15,18,20H,8-12,14H2,1-2H3. The highest BCUT2D eigenvalue weighted by Crippen LogP contribution is 2.27. The maximum absolute atomic E-state index is 8.75. The summed E-state index contributed by atoms with van der Waals surface area (Å²) in [6, 6.07) is 9.05. The van der Waals surface area contributed by atoms with Crippen molar-refractivity contribution in [1.82, 2.24) is 4.90 Å². The van der Waals surface area contributed by atoms with Gasteiger partial charge in [-0.25, -0.2) is 0 Å². The van der Waals surface area contributed by atoms with Gasteiger partial charge in [-0.05, 0) is 56.3 Å². The second kappa shape index (κ2) is 7.47. The Morgan fingerprint density at radius 2 is 2.00 bits per heavy atom. The van der Waals surface area contributed by atoms with Gasteiger partial charge in [-0.2, -0.15) is 0 Å². The summed E-state index contributed by atoms with van der Waals surface area (Å²) in [5.74, 6) is 6.58. The van der Waals surface area contributed by atoms with Gasteiger partial charge < -0.3 is 5.11 Å². The lowest BCUT2D eigenvalue weighted by Crippen LogP contribution is -2.34. The summed E-state index contributed by atoms with van der Waals surface area (Å²) in [4.78, 5) is 2.48. The first-order valence-corrected chi connectivity index (χ1v) is 7.58. The highest BCUT2D eigenvalue weighted by Gasteiger charge is 2.21. The lowest BCUT2D eigenvalue weighted by Gasteiger charge is -2.33. The molecule has 1 N–H and O–H groups in total. The minimum atomic E-state index is -0.0790. The van der Waals surface area contributed by atoms with Crippen LogP contribution in [0.4, 0.5) is 0 Å². The molecule has 0 aromatic heterocycles. The van der Waals surface area contributed by atoms with Crippen molar-refractivity contribution in [3.8, 4) is 11.8 Å². The molecule has 1 fully saturated rings. The van der Waals surface area contributed by atoms with E-state index in [-0.39, 0.29) is 6.61 Å². The summed E-state index contributed by atoms with van der Waals surface area (Å²) < 4.78 is 0. The Hall–Kier alpha value is -1.30. The van der Waals surface area contributed by atoms with Crippen molar-refractivity contribution < 1.29 is 5.11 Å². The van der Waals surface area contributed by atoms with Crippen LogP contribution in [0.3, 0.4) is 0 Å². The predicted octanol–water partition coefficient (Wildman–Crippen LogP) is 3.04. The van der Waals surface area contributed by atoms with Crippen LogP contribution in [0.5, 0.6) is 0 Å². The van der Waals surface area contributed by atoms with Crippen molar-refractivity contribution in [1.29, 1.82) is 0 Å². The third kappa shape index (κ3) is 4.37. The smallest absolute Gasteiger partial charge is 0.104 e. The monoisotopic (exact) mass is 271 g/mol. The van der Waals surface area contributed by atoms with E-state index in [2.05, 4.69) is 42.8 Å². The summed E-state index contributed by atoms with van der Waals surface area (Å²) >= 11 is 0. The molecular weight excluding hydrogens is 246 g/mol. The minimum absolute atomic E-state index is 0.0790. The Labute approximate surface area is 122 Å². The summed E-state index contributed by atoms with van der Waals surface area (Å²) in [5.41, 5.74) is 2.29. The average Bonchev–Trinajstić information content (AvgIpc) is 2.46. The zero-order valence-electron chi connectivity index (χ0n) is 12.6. The van der Waals surface area contributed by atoms with Gasteiger partial charge in [-0.1, -0.05) is 30.9 Å². The van der Waals surface area contributed by atoms with Crippen LogP contribution in [0, 0.1) is 17.8 Å². The molecule has 0 bridgehead atoms. The van der Waals surface area contributed by atoms with Gasteiger partial charge in [0.05, 0.1) is 0 Å². The number of aliphatic hydroxyl groups is 1. The Morgan fingerprint density at radius 3 is 2.70 bits per heavy atom. The second-order valence-electron chi connectivity index (χ2n) is 5.99. The van der Waals surface area contributed by atoms with Gasteiger partial charge in [-0.3, -0.25) is 4.90 Å². The molecule has 0 heterocycles. The number of nitrogens with zero attached hydrogens (tertiary/aromatic N) is 1. The molecule has 1 aliphatic carbocycles. The van der Waals surface area contributed by atoms with Crippen LogP contribution < -0.4 is 0 Å². The Kier molecular flexibility index (Phi) is 5.64. The molecule has 0 spiro atoms. The maximum Gasteiger partial charge on any atom is 0.104 e. The van der Waals surface area contributed by atoms with Gasteiger partial charge in [-0.15, -0.1) is 0 Å². The van der Waals surface area contributed by atoms with E-state index >= 15 is 0 Å². The molecule has 1 aromatic rings. The van der Waals surface area contributed by atoms with Crippen LogP contribution in [0.1, 0.15) is 43.7 Å². The quantitative estimate of drug-likeness (QED) is 0.854. The van der Waals surface area contributed by atoms with E-state index < -0.39 is 0 Å². The molecule has 1 saturated carbocycles. The highest BCUT2D eigenvalue weighted by molar-refractivity contribution is 5.37. The summed E-state index contributed by atoms with van der Waals surface area (Å²) in [5, 5.41) is 8.75.